The summed E-state index contributed by atoms with van der Waals surface area (Å²) in [5.74, 6) is -0.737. The first-order valence-corrected chi connectivity index (χ1v) is 10.8. The third-order valence-electron chi connectivity index (χ3n) is 4.77. The standard InChI is InChI=1S/C26H20Cl2F3NO/c27-22-10-6-20(7-11-22)24(21-8-12-23(28)13-9-21)15-17-32(18-19-4-2-1-3-5-19)25(33)14-16-26(29,30)31/h1-16H,17-18H2/b16-14+. The van der Waals surface area contributed by atoms with E-state index in [9.17, 15) is 18.0 Å². The topological polar surface area (TPSA) is 20.3 Å². The maximum absolute atomic E-state index is 12.6. The Morgan fingerprint density at radius 1 is 0.818 bits per heavy atom. The molecule has 0 heterocycles. The van der Waals surface area contributed by atoms with E-state index in [0.717, 1.165) is 22.3 Å². The zero-order valence-corrected chi connectivity index (χ0v) is 18.9. The minimum absolute atomic E-state index is 0.0453. The van der Waals surface area contributed by atoms with Crippen molar-refractivity contribution in [2.75, 3.05) is 6.54 Å². The summed E-state index contributed by atoms with van der Waals surface area (Å²) in [6, 6.07) is 23.5. The van der Waals surface area contributed by atoms with Crippen molar-refractivity contribution in [3.05, 3.63) is 124 Å². The van der Waals surface area contributed by atoms with Gasteiger partial charge in [-0.05, 0) is 46.5 Å². The quantitative estimate of drug-likeness (QED) is 0.313. The molecule has 3 rings (SSSR count). The average Bonchev–Trinajstić information content (AvgIpc) is 2.79. The molecule has 0 saturated carbocycles. The molecule has 0 aliphatic rings. The maximum atomic E-state index is 12.6. The summed E-state index contributed by atoms with van der Waals surface area (Å²) in [6.07, 6.45) is -2.24. The van der Waals surface area contributed by atoms with E-state index in [1.165, 1.54) is 4.90 Å². The summed E-state index contributed by atoms with van der Waals surface area (Å²) < 4.78 is 37.9. The molecule has 0 N–H and O–H groups in total. The van der Waals surface area contributed by atoms with Gasteiger partial charge in [0.15, 0.2) is 0 Å². The molecule has 0 bridgehead atoms. The van der Waals surface area contributed by atoms with Crippen molar-refractivity contribution < 1.29 is 18.0 Å². The number of carbonyl (C=O) groups excluding carboxylic acids is 1. The summed E-state index contributed by atoms with van der Waals surface area (Å²) in [6.45, 7) is 0.253. The van der Waals surface area contributed by atoms with Crippen LogP contribution in [0, 0.1) is 0 Å². The van der Waals surface area contributed by atoms with Gasteiger partial charge in [-0.15, -0.1) is 0 Å². The summed E-state index contributed by atoms with van der Waals surface area (Å²) in [5, 5.41) is 1.15. The van der Waals surface area contributed by atoms with Gasteiger partial charge in [-0.1, -0.05) is 83.9 Å². The van der Waals surface area contributed by atoms with Crippen LogP contribution in [-0.4, -0.2) is 23.5 Å². The summed E-state index contributed by atoms with van der Waals surface area (Å²) >= 11 is 12.0. The number of hydrogen-bond donors (Lipinski definition) is 0. The zero-order valence-electron chi connectivity index (χ0n) is 17.4. The summed E-state index contributed by atoms with van der Waals surface area (Å²) in [7, 11) is 0. The molecule has 0 aromatic heterocycles. The third-order valence-corrected chi connectivity index (χ3v) is 5.27. The Morgan fingerprint density at radius 2 is 1.33 bits per heavy atom. The molecule has 2 nitrogen and oxygen atoms in total. The molecule has 3 aromatic rings. The highest BCUT2D eigenvalue weighted by molar-refractivity contribution is 6.31. The van der Waals surface area contributed by atoms with Crippen LogP contribution in [0.3, 0.4) is 0 Å². The summed E-state index contributed by atoms with van der Waals surface area (Å²) in [4.78, 5) is 14.0. The van der Waals surface area contributed by atoms with E-state index in [-0.39, 0.29) is 19.2 Å². The van der Waals surface area contributed by atoms with Gasteiger partial charge >= 0.3 is 6.18 Å². The van der Waals surface area contributed by atoms with Crippen LogP contribution in [0.25, 0.3) is 5.57 Å². The van der Waals surface area contributed by atoms with Gasteiger partial charge in [0.05, 0.1) is 0 Å². The molecule has 170 valence electrons. The largest absolute Gasteiger partial charge is 0.409 e. The van der Waals surface area contributed by atoms with E-state index in [4.69, 9.17) is 23.2 Å². The highest BCUT2D eigenvalue weighted by Crippen LogP contribution is 2.26. The van der Waals surface area contributed by atoms with E-state index in [2.05, 4.69) is 0 Å². The van der Waals surface area contributed by atoms with E-state index >= 15 is 0 Å². The second-order valence-corrected chi connectivity index (χ2v) is 8.08. The van der Waals surface area contributed by atoms with Gasteiger partial charge in [0.25, 0.3) is 0 Å². The Bertz CT molecular complexity index is 1080. The minimum atomic E-state index is -4.57. The smallest absolute Gasteiger partial charge is 0.331 e. The molecular formula is C26H20Cl2F3NO. The molecule has 33 heavy (non-hydrogen) atoms. The Hall–Kier alpha value is -3.02. The highest BCUT2D eigenvalue weighted by Gasteiger charge is 2.23. The average molecular weight is 490 g/mol. The van der Waals surface area contributed by atoms with Gasteiger partial charge in [-0.2, -0.15) is 13.2 Å². The fraction of sp³-hybridized carbons (Fsp3) is 0.115. The molecule has 0 fully saturated rings. The lowest BCUT2D eigenvalue weighted by Crippen LogP contribution is -2.29. The van der Waals surface area contributed by atoms with Crippen LogP contribution in [0.1, 0.15) is 16.7 Å². The molecule has 0 aliphatic carbocycles. The SMILES string of the molecule is O=C(/C=C/C(F)(F)F)N(CC=C(c1ccc(Cl)cc1)c1ccc(Cl)cc1)Cc1ccccc1. The number of hydrogen-bond acceptors (Lipinski definition) is 1. The Kier molecular flexibility index (Phi) is 8.37. The first-order valence-electron chi connectivity index (χ1n) is 10.0. The number of halogens is 5. The Balaban J connectivity index is 1.96. The van der Waals surface area contributed by atoms with Gasteiger partial charge in [0, 0.05) is 35.3 Å². The molecule has 0 spiro atoms. The lowest BCUT2D eigenvalue weighted by atomic mass is 9.97. The molecule has 0 radical (unpaired) electrons. The number of alkyl halides is 3. The number of carbonyl (C=O) groups is 1. The molecule has 7 heteroatoms. The van der Waals surface area contributed by atoms with Crippen molar-refractivity contribution in [1.82, 2.24) is 4.90 Å². The monoisotopic (exact) mass is 489 g/mol. The van der Waals surface area contributed by atoms with Crippen molar-refractivity contribution in [2.24, 2.45) is 0 Å². The van der Waals surface area contributed by atoms with E-state index < -0.39 is 12.1 Å². The van der Waals surface area contributed by atoms with Crippen LogP contribution in [0.4, 0.5) is 13.2 Å². The lowest BCUT2D eigenvalue weighted by Gasteiger charge is -2.21. The highest BCUT2D eigenvalue weighted by atomic mass is 35.5. The number of allylic oxidation sites excluding steroid dienone is 1. The first-order chi connectivity index (χ1) is 15.7. The first kappa shape index (κ1) is 24.6. The zero-order chi connectivity index (χ0) is 23.8. The molecule has 1 amide bonds. The van der Waals surface area contributed by atoms with Gasteiger partial charge in [-0.25, -0.2) is 0 Å². The fourth-order valence-electron chi connectivity index (χ4n) is 3.17. The predicted octanol–water partition coefficient (Wildman–Crippen LogP) is 7.57. The van der Waals surface area contributed by atoms with Crippen molar-refractivity contribution >= 4 is 34.7 Å². The molecule has 0 unspecified atom stereocenters. The number of benzene rings is 3. The van der Waals surface area contributed by atoms with Crippen LogP contribution < -0.4 is 0 Å². The maximum Gasteiger partial charge on any atom is 0.409 e. The van der Waals surface area contributed by atoms with E-state index in [1.807, 2.05) is 60.7 Å². The number of nitrogens with zero attached hydrogens (tertiary/aromatic N) is 1. The molecule has 3 aromatic carbocycles. The third kappa shape index (κ3) is 7.81. The number of amides is 1. The fourth-order valence-corrected chi connectivity index (χ4v) is 3.42. The van der Waals surface area contributed by atoms with Crippen LogP contribution >= 0.6 is 23.2 Å². The molecule has 0 saturated heterocycles. The van der Waals surface area contributed by atoms with Gasteiger partial charge < -0.3 is 4.90 Å². The second kappa shape index (κ2) is 11.2. The Morgan fingerprint density at radius 3 is 1.82 bits per heavy atom. The molecule has 0 atom stereocenters. The van der Waals surface area contributed by atoms with Crippen LogP contribution in [0.5, 0.6) is 0 Å². The van der Waals surface area contributed by atoms with Crippen molar-refractivity contribution in [1.29, 1.82) is 0 Å². The second-order valence-electron chi connectivity index (χ2n) is 7.21. The van der Waals surface area contributed by atoms with Crippen molar-refractivity contribution in [2.45, 2.75) is 12.7 Å². The predicted molar refractivity (Wildman–Crippen MR) is 127 cm³/mol. The normalized spacial score (nSPS) is 11.4. The molecular weight excluding hydrogens is 470 g/mol. The number of rotatable bonds is 7. The van der Waals surface area contributed by atoms with Crippen molar-refractivity contribution in [3.8, 4) is 0 Å². The van der Waals surface area contributed by atoms with Gasteiger partial charge in [0.1, 0.15) is 0 Å². The molecule has 0 aliphatic heterocycles. The van der Waals surface area contributed by atoms with Crippen LogP contribution in [-0.2, 0) is 11.3 Å². The van der Waals surface area contributed by atoms with Crippen molar-refractivity contribution in [3.63, 3.8) is 0 Å². The minimum Gasteiger partial charge on any atom is -0.331 e. The van der Waals surface area contributed by atoms with Crippen LogP contribution in [0.15, 0.2) is 97.1 Å². The van der Waals surface area contributed by atoms with Gasteiger partial charge in [-0.3, -0.25) is 4.79 Å². The van der Waals surface area contributed by atoms with Crippen LogP contribution in [0.2, 0.25) is 10.0 Å². The Labute approximate surface area is 200 Å². The van der Waals surface area contributed by atoms with Gasteiger partial charge in [0.2, 0.25) is 5.91 Å². The van der Waals surface area contributed by atoms with E-state index in [1.54, 1.807) is 24.3 Å². The van der Waals surface area contributed by atoms with E-state index in [0.29, 0.717) is 16.1 Å². The summed E-state index contributed by atoms with van der Waals surface area (Å²) in [5.41, 5.74) is 3.30. The lowest BCUT2D eigenvalue weighted by molar-refractivity contribution is -0.126.